The summed E-state index contributed by atoms with van der Waals surface area (Å²) in [4.78, 5) is 23.0. The van der Waals surface area contributed by atoms with Gasteiger partial charge < -0.3 is 15.4 Å². The first-order chi connectivity index (χ1) is 12.2. The molecule has 0 unspecified atom stereocenters. The average Bonchev–Trinajstić information content (AvgIpc) is 2.63. The van der Waals surface area contributed by atoms with Gasteiger partial charge in [-0.15, -0.1) is 0 Å². The van der Waals surface area contributed by atoms with E-state index in [0.29, 0.717) is 11.5 Å². The Morgan fingerprint density at radius 2 is 2.00 bits per heavy atom. The van der Waals surface area contributed by atoms with Gasteiger partial charge in [-0.25, -0.2) is 9.97 Å². The van der Waals surface area contributed by atoms with E-state index in [1.165, 1.54) is 0 Å². The van der Waals surface area contributed by atoms with Crippen molar-refractivity contribution in [2.45, 2.75) is 13.0 Å². The minimum Gasteiger partial charge on any atom is -0.379 e. The zero-order valence-corrected chi connectivity index (χ0v) is 14.3. The third-order valence-corrected chi connectivity index (χ3v) is 3.96. The highest BCUT2D eigenvalue weighted by Gasteiger charge is 2.16. The first kappa shape index (κ1) is 17.3. The maximum absolute atomic E-state index is 12.5. The summed E-state index contributed by atoms with van der Waals surface area (Å²) >= 11 is 0. The number of anilines is 2. The summed E-state index contributed by atoms with van der Waals surface area (Å²) < 4.78 is 5.35. The van der Waals surface area contributed by atoms with Crippen molar-refractivity contribution in [2.24, 2.45) is 0 Å². The average molecular weight is 341 g/mol. The number of carbonyl (C=O) groups excluding carboxylic acids is 1. The van der Waals surface area contributed by atoms with E-state index >= 15 is 0 Å². The summed E-state index contributed by atoms with van der Waals surface area (Å²) in [5.41, 5.74) is 1.38. The minimum absolute atomic E-state index is 0.0691. The van der Waals surface area contributed by atoms with Gasteiger partial charge in [0, 0.05) is 49.3 Å². The van der Waals surface area contributed by atoms with E-state index in [-0.39, 0.29) is 11.9 Å². The Kier molecular flexibility index (Phi) is 5.92. The van der Waals surface area contributed by atoms with Crippen molar-refractivity contribution in [1.82, 2.24) is 20.2 Å². The van der Waals surface area contributed by atoms with E-state index in [4.69, 9.17) is 4.74 Å². The van der Waals surface area contributed by atoms with Crippen molar-refractivity contribution < 1.29 is 9.53 Å². The van der Waals surface area contributed by atoms with Gasteiger partial charge in [-0.2, -0.15) is 0 Å². The quantitative estimate of drug-likeness (QED) is 0.832. The summed E-state index contributed by atoms with van der Waals surface area (Å²) in [6.45, 7) is 6.19. The molecule has 0 spiro atoms. The number of aromatic nitrogens is 2. The van der Waals surface area contributed by atoms with Gasteiger partial charge >= 0.3 is 0 Å². The van der Waals surface area contributed by atoms with Gasteiger partial charge in [0.05, 0.1) is 13.2 Å². The topological polar surface area (TPSA) is 79.4 Å². The molecule has 1 aromatic heterocycles. The van der Waals surface area contributed by atoms with E-state index < -0.39 is 0 Å². The lowest BCUT2D eigenvalue weighted by atomic mass is 10.1. The second-order valence-electron chi connectivity index (χ2n) is 6.07. The second kappa shape index (κ2) is 8.55. The normalized spacial score (nSPS) is 16.2. The molecule has 1 aliphatic rings. The van der Waals surface area contributed by atoms with E-state index in [9.17, 15) is 4.79 Å². The third kappa shape index (κ3) is 5.23. The summed E-state index contributed by atoms with van der Waals surface area (Å²) in [6, 6.07) is 9.14. The summed E-state index contributed by atoms with van der Waals surface area (Å²) in [5, 5.41) is 6.15. The Hall–Kier alpha value is -2.51. The largest absolute Gasteiger partial charge is 0.379 e. The fourth-order valence-electron chi connectivity index (χ4n) is 2.75. The monoisotopic (exact) mass is 341 g/mol. The molecule has 7 heteroatoms. The number of nitrogens with zero attached hydrogens (tertiary/aromatic N) is 3. The van der Waals surface area contributed by atoms with Gasteiger partial charge in [0.15, 0.2) is 0 Å². The maximum atomic E-state index is 12.5. The number of nitrogens with one attached hydrogen (secondary N) is 2. The number of benzene rings is 1. The third-order valence-electron chi connectivity index (χ3n) is 3.96. The molecule has 0 aliphatic carbocycles. The first-order valence-electron chi connectivity index (χ1n) is 8.46. The molecular formula is C18H23N5O2. The number of rotatable bonds is 6. The Morgan fingerprint density at radius 1 is 1.24 bits per heavy atom. The molecule has 1 aromatic carbocycles. The van der Waals surface area contributed by atoms with Crippen LogP contribution in [0.5, 0.6) is 0 Å². The van der Waals surface area contributed by atoms with Crippen molar-refractivity contribution in [3.63, 3.8) is 0 Å². The molecule has 2 N–H and O–H groups in total. The molecule has 2 heterocycles. The summed E-state index contributed by atoms with van der Waals surface area (Å²) in [5.74, 6) is 0.416. The molecule has 3 rings (SSSR count). The van der Waals surface area contributed by atoms with Crippen molar-refractivity contribution in [2.75, 3.05) is 38.2 Å². The minimum atomic E-state index is -0.0848. The molecule has 2 aromatic rings. The smallest absolute Gasteiger partial charge is 0.251 e. The predicted molar refractivity (Wildman–Crippen MR) is 95.9 cm³/mol. The Bertz CT molecular complexity index is 689. The molecule has 1 fully saturated rings. The fraction of sp³-hybridized carbons (Fsp3) is 0.389. The first-order valence-corrected chi connectivity index (χ1v) is 8.46. The zero-order chi connectivity index (χ0) is 17.5. The van der Waals surface area contributed by atoms with Gasteiger partial charge in [0.2, 0.25) is 5.95 Å². The van der Waals surface area contributed by atoms with Crippen LogP contribution in [0.3, 0.4) is 0 Å². The Labute approximate surface area is 147 Å². The Balaban J connectivity index is 1.57. The number of hydrogen-bond acceptors (Lipinski definition) is 6. The second-order valence-corrected chi connectivity index (χ2v) is 6.07. The zero-order valence-electron chi connectivity index (χ0n) is 14.3. The number of carbonyl (C=O) groups is 1. The highest BCUT2D eigenvalue weighted by Crippen LogP contribution is 2.14. The van der Waals surface area contributed by atoms with Crippen LogP contribution in [-0.2, 0) is 4.74 Å². The van der Waals surface area contributed by atoms with Gasteiger partial charge in [-0.3, -0.25) is 9.69 Å². The number of hydrogen-bond donors (Lipinski definition) is 2. The molecule has 132 valence electrons. The lowest BCUT2D eigenvalue weighted by molar-refractivity contribution is 0.0342. The van der Waals surface area contributed by atoms with Crippen molar-refractivity contribution in [3.05, 3.63) is 48.3 Å². The van der Waals surface area contributed by atoms with Crippen LogP contribution in [0.25, 0.3) is 0 Å². The molecule has 1 saturated heterocycles. The van der Waals surface area contributed by atoms with Crippen LogP contribution < -0.4 is 10.6 Å². The molecule has 0 bridgehead atoms. The predicted octanol–water partition coefficient (Wildman–Crippen LogP) is 1.67. The molecule has 25 heavy (non-hydrogen) atoms. The van der Waals surface area contributed by atoms with Gasteiger partial charge in [-0.05, 0) is 31.2 Å². The molecule has 1 atom stereocenters. The van der Waals surface area contributed by atoms with Gasteiger partial charge in [0.1, 0.15) is 0 Å². The number of amides is 1. The standard InChI is InChI=1S/C18H23N5O2/c1-14(13-23-8-10-25-11-9-23)21-17(24)15-4-2-5-16(12-15)22-18-19-6-3-7-20-18/h2-7,12,14H,8-11,13H2,1H3,(H,21,24)(H,19,20,22)/t14-/m1/s1. The van der Waals surface area contributed by atoms with Crippen LogP contribution in [0, 0.1) is 0 Å². The van der Waals surface area contributed by atoms with Crippen LogP contribution in [0.1, 0.15) is 17.3 Å². The molecule has 0 radical (unpaired) electrons. The summed E-state index contributed by atoms with van der Waals surface area (Å²) in [6.07, 6.45) is 3.33. The van der Waals surface area contributed by atoms with Crippen molar-refractivity contribution >= 4 is 17.5 Å². The molecule has 7 nitrogen and oxygen atoms in total. The molecular weight excluding hydrogens is 318 g/mol. The molecule has 1 aliphatic heterocycles. The van der Waals surface area contributed by atoms with Crippen molar-refractivity contribution in [3.8, 4) is 0 Å². The van der Waals surface area contributed by atoms with Crippen LogP contribution in [-0.4, -0.2) is 59.7 Å². The SMILES string of the molecule is C[C@H](CN1CCOCC1)NC(=O)c1cccc(Nc2ncccn2)c1. The maximum Gasteiger partial charge on any atom is 0.251 e. The van der Waals surface area contributed by atoms with Crippen LogP contribution in [0.2, 0.25) is 0 Å². The van der Waals surface area contributed by atoms with Crippen LogP contribution in [0.4, 0.5) is 11.6 Å². The van der Waals surface area contributed by atoms with E-state index in [0.717, 1.165) is 38.5 Å². The highest BCUT2D eigenvalue weighted by molar-refractivity contribution is 5.95. The Morgan fingerprint density at radius 3 is 2.76 bits per heavy atom. The van der Waals surface area contributed by atoms with Crippen LogP contribution in [0.15, 0.2) is 42.7 Å². The molecule has 0 saturated carbocycles. The highest BCUT2D eigenvalue weighted by atomic mass is 16.5. The van der Waals surface area contributed by atoms with E-state index in [1.54, 1.807) is 30.6 Å². The van der Waals surface area contributed by atoms with Gasteiger partial charge in [0.25, 0.3) is 5.91 Å². The van der Waals surface area contributed by atoms with E-state index in [1.807, 2.05) is 19.1 Å². The van der Waals surface area contributed by atoms with Crippen molar-refractivity contribution in [1.29, 1.82) is 0 Å². The lowest BCUT2D eigenvalue weighted by Gasteiger charge is -2.29. The lowest BCUT2D eigenvalue weighted by Crippen LogP contribution is -2.46. The fourth-order valence-corrected chi connectivity index (χ4v) is 2.75. The molecule has 1 amide bonds. The van der Waals surface area contributed by atoms with E-state index in [2.05, 4.69) is 25.5 Å². The van der Waals surface area contributed by atoms with Gasteiger partial charge in [-0.1, -0.05) is 6.07 Å². The summed E-state index contributed by atoms with van der Waals surface area (Å²) in [7, 11) is 0. The number of ether oxygens (including phenoxy) is 1. The van der Waals surface area contributed by atoms with Crippen LogP contribution >= 0.6 is 0 Å². The number of morpholine rings is 1.